The third-order valence-corrected chi connectivity index (χ3v) is 1.99. The molecule has 0 saturated heterocycles. The van der Waals surface area contributed by atoms with Gasteiger partial charge in [0.05, 0.1) is 12.2 Å². The van der Waals surface area contributed by atoms with Gasteiger partial charge in [-0.1, -0.05) is 26.8 Å². The minimum absolute atomic E-state index is 0.00915. The molecule has 0 bridgehead atoms. The number of ether oxygens (including phenoxy) is 2. The minimum atomic E-state index is -0.391. The Morgan fingerprint density at radius 3 is 2.29 bits per heavy atom. The fourth-order valence-electron chi connectivity index (χ4n) is 1.17. The Balaban J connectivity index is 4.20. The Labute approximate surface area is 103 Å². The zero-order valence-electron chi connectivity index (χ0n) is 11.0. The van der Waals surface area contributed by atoms with Gasteiger partial charge < -0.3 is 9.47 Å². The van der Waals surface area contributed by atoms with Crippen molar-refractivity contribution in [3.05, 3.63) is 11.6 Å². The van der Waals surface area contributed by atoms with Gasteiger partial charge >= 0.3 is 11.9 Å². The topological polar surface area (TPSA) is 52.6 Å². The largest absolute Gasteiger partial charge is 0.462 e. The summed E-state index contributed by atoms with van der Waals surface area (Å²) in [7, 11) is 0. The molecule has 0 aromatic heterocycles. The van der Waals surface area contributed by atoms with Crippen molar-refractivity contribution in [2.75, 3.05) is 13.2 Å². The van der Waals surface area contributed by atoms with Gasteiger partial charge in [0.2, 0.25) is 0 Å². The summed E-state index contributed by atoms with van der Waals surface area (Å²) in [6.45, 7) is 6.15. The van der Waals surface area contributed by atoms with Gasteiger partial charge in [-0.05, 0) is 19.3 Å². The van der Waals surface area contributed by atoms with Crippen LogP contribution in [0.4, 0.5) is 0 Å². The molecule has 0 atom stereocenters. The van der Waals surface area contributed by atoms with E-state index in [1.165, 1.54) is 0 Å². The van der Waals surface area contributed by atoms with E-state index >= 15 is 0 Å². The van der Waals surface area contributed by atoms with Crippen LogP contribution in [0.2, 0.25) is 0 Å². The SMILES string of the molecule is CCC=C(COC(=O)CCC)C(=O)OCCC. The highest BCUT2D eigenvalue weighted by molar-refractivity contribution is 5.89. The highest BCUT2D eigenvalue weighted by Crippen LogP contribution is 2.04. The number of allylic oxidation sites excluding steroid dienone is 1. The molecule has 4 nitrogen and oxygen atoms in total. The number of hydrogen-bond acceptors (Lipinski definition) is 4. The molecular formula is C13H22O4. The van der Waals surface area contributed by atoms with Crippen LogP contribution in [0.15, 0.2) is 11.6 Å². The highest BCUT2D eigenvalue weighted by atomic mass is 16.5. The van der Waals surface area contributed by atoms with Crippen molar-refractivity contribution >= 4 is 11.9 Å². The summed E-state index contributed by atoms with van der Waals surface area (Å²) in [5, 5.41) is 0. The summed E-state index contributed by atoms with van der Waals surface area (Å²) in [4.78, 5) is 22.8. The standard InChI is InChI=1S/C13H22O4/c1-4-7-11(13(15)16-9-6-3)10-17-12(14)8-5-2/h7H,4-6,8-10H2,1-3H3. The van der Waals surface area contributed by atoms with Crippen LogP contribution in [0.3, 0.4) is 0 Å². The van der Waals surface area contributed by atoms with Crippen LogP contribution in [0, 0.1) is 0 Å². The normalized spacial score (nSPS) is 11.1. The summed E-state index contributed by atoms with van der Waals surface area (Å²) >= 11 is 0. The van der Waals surface area contributed by atoms with E-state index in [0.717, 1.165) is 12.8 Å². The van der Waals surface area contributed by atoms with Gasteiger partial charge in [-0.3, -0.25) is 4.79 Å². The second-order valence-corrected chi connectivity index (χ2v) is 3.68. The molecule has 0 fully saturated rings. The predicted molar refractivity (Wildman–Crippen MR) is 65.5 cm³/mol. The number of esters is 2. The quantitative estimate of drug-likeness (QED) is 0.485. The first-order valence-electron chi connectivity index (χ1n) is 6.17. The van der Waals surface area contributed by atoms with Crippen molar-refractivity contribution in [2.24, 2.45) is 0 Å². The van der Waals surface area contributed by atoms with Crippen molar-refractivity contribution in [3.63, 3.8) is 0 Å². The Hall–Kier alpha value is -1.32. The van der Waals surface area contributed by atoms with E-state index in [4.69, 9.17) is 9.47 Å². The van der Waals surface area contributed by atoms with Crippen LogP contribution in [-0.2, 0) is 19.1 Å². The second kappa shape index (κ2) is 9.87. The van der Waals surface area contributed by atoms with E-state index in [9.17, 15) is 9.59 Å². The smallest absolute Gasteiger partial charge is 0.337 e. The summed E-state index contributed by atoms with van der Waals surface area (Å²) < 4.78 is 9.99. The maximum atomic E-state index is 11.6. The molecule has 0 unspecified atom stereocenters. The molecule has 4 heteroatoms. The van der Waals surface area contributed by atoms with Crippen LogP contribution in [-0.4, -0.2) is 25.2 Å². The molecule has 0 amide bonds. The Morgan fingerprint density at radius 1 is 1.06 bits per heavy atom. The lowest BCUT2D eigenvalue weighted by Gasteiger charge is -2.08. The van der Waals surface area contributed by atoms with Gasteiger partial charge in [-0.2, -0.15) is 0 Å². The van der Waals surface area contributed by atoms with Crippen LogP contribution < -0.4 is 0 Å². The van der Waals surface area contributed by atoms with Gasteiger partial charge in [0.1, 0.15) is 6.61 Å². The summed E-state index contributed by atoms with van der Waals surface area (Å²) in [5.41, 5.74) is 0.422. The predicted octanol–water partition coefficient (Wildman–Crippen LogP) is 2.62. The van der Waals surface area contributed by atoms with Crippen molar-refractivity contribution in [3.8, 4) is 0 Å². The maximum Gasteiger partial charge on any atom is 0.337 e. The molecule has 0 aliphatic heterocycles. The molecule has 0 rings (SSSR count). The molecule has 0 radical (unpaired) electrons. The number of hydrogen-bond donors (Lipinski definition) is 0. The van der Waals surface area contributed by atoms with Gasteiger partial charge in [-0.25, -0.2) is 4.79 Å². The maximum absolute atomic E-state index is 11.6. The van der Waals surface area contributed by atoms with Crippen LogP contribution in [0.25, 0.3) is 0 Å². The molecule has 0 N–H and O–H groups in total. The minimum Gasteiger partial charge on any atom is -0.462 e. The van der Waals surface area contributed by atoms with E-state index in [-0.39, 0.29) is 12.6 Å². The molecular weight excluding hydrogens is 220 g/mol. The molecule has 17 heavy (non-hydrogen) atoms. The monoisotopic (exact) mass is 242 g/mol. The molecule has 0 saturated carbocycles. The van der Waals surface area contributed by atoms with Crippen LogP contribution >= 0.6 is 0 Å². The molecule has 0 aromatic rings. The van der Waals surface area contributed by atoms with E-state index in [0.29, 0.717) is 25.0 Å². The van der Waals surface area contributed by atoms with E-state index in [1.807, 2.05) is 20.8 Å². The van der Waals surface area contributed by atoms with Crippen LogP contribution in [0.5, 0.6) is 0 Å². The van der Waals surface area contributed by atoms with Crippen molar-refractivity contribution in [1.29, 1.82) is 0 Å². The fraction of sp³-hybridized carbons (Fsp3) is 0.692. The van der Waals surface area contributed by atoms with Gasteiger partial charge in [0, 0.05) is 6.42 Å². The number of carbonyl (C=O) groups excluding carboxylic acids is 2. The van der Waals surface area contributed by atoms with Crippen molar-refractivity contribution in [1.82, 2.24) is 0 Å². The first-order valence-corrected chi connectivity index (χ1v) is 6.17. The Morgan fingerprint density at radius 2 is 1.76 bits per heavy atom. The number of rotatable bonds is 8. The summed E-state index contributed by atoms with van der Waals surface area (Å²) in [6.07, 6.45) is 4.34. The zero-order chi connectivity index (χ0) is 13.1. The molecule has 98 valence electrons. The molecule has 0 aliphatic carbocycles. The van der Waals surface area contributed by atoms with Gasteiger partial charge in [-0.15, -0.1) is 0 Å². The van der Waals surface area contributed by atoms with Crippen molar-refractivity contribution < 1.29 is 19.1 Å². The lowest BCUT2D eigenvalue weighted by molar-refractivity contribution is -0.144. The van der Waals surface area contributed by atoms with E-state index in [2.05, 4.69) is 0 Å². The van der Waals surface area contributed by atoms with Crippen LogP contribution in [0.1, 0.15) is 46.5 Å². The zero-order valence-corrected chi connectivity index (χ0v) is 11.0. The first-order chi connectivity index (χ1) is 8.15. The molecule has 0 aliphatic rings. The van der Waals surface area contributed by atoms with Gasteiger partial charge in [0.25, 0.3) is 0 Å². The molecule has 0 heterocycles. The Kier molecular flexibility index (Phi) is 9.11. The third kappa shape index (κ3) is 7.55. The second-order valence-electron chi connectivity index (χ2n) is 3.68. The van der Waals surface area contributed by atoms with E-state index in [1.54, 1.807) is 6.08 Å². The number of carbonyl (C=O) groups is 2. The summed E-state index contributed by atoms with van der Waals surface area (Å²) in [6, 6.07) is 0. The average molecular weight is 242 g/mol. The van der Waals surface area contributed by atoms with Gasteiger partial charge in [0.15, 0.2) is 0 Å². The van der Waals surface area contributed by atoms with Crippen molar-refractivity contribution in [2.45, 2.75) is 46.5 Å². The Bertz CT molecular complexity index is 269. The summed E-state index contributed by atoms with van der Waals surface area (Å²) in [5.74, 6) is -0.671. The van der Waals surface area contributed by atoms with E-state index < -0.39 is 5.97 Å². The first kappa shape index (κ1) is 15.7. The third-order valence-electron chi connectivity index (χ3n) is 1.99. The fourth-order valence-corrected chi connectivity index (χ4v) is 1.17. The lowest BCUT2D eigenvalue weighted by atomic mass is 10.2. The molecule has 0 aromatic carbocycles. The average Bonchev–Trinajstić information content (AvgIpc) is 2.31. The highest BCUT2D eigenvalue weighted by Gasteiger charge is 2.12. The molecule has 0 spiro atoms. The lowest BCUT2D eigenvalue weighted by Crippen LogP contribution is -2.16.